The van der Waals surface area contributed by atoms with Crippen molar-refractivity contribution in [2.24, 2.45) is 0 Å². The molecule has 0 aliphatic carbocycles. The molecule has 1 aromatic heterocycles. The van der Waals surface area contributed by atoms with E-state index < -0.39 is 0 Å². The number of hydrogen-bond donors (Lipinski definition) is 1. The standard InChI is InChI=1S/C16H20N2O/c1-12-7-6-8-14(18-12)11-17-13(2)15-9-4-5-10-16(15)19-3/h4-10,13,17H,11H2,1-3H3/t13-/m1/s1. The van der Waals surface area contributed by atoms with Crippen LogP contribution in [0.4, 0.5) is 0 Å². The summed E-state index contributed by atoms with van der Waals surface area (Å²) < 4.78 is 5.38. The van der Waals surface area contributed by atoms with E-state index in [4.69, 9.17) is 4.74 Å². The molecule has 0 radical (unpaired) electrons. The van der Waals surface area contributed by atoms with Crippen LogP contribution < -0.4 is 10.1 Å². The minimum absolute atomic E-state index is 0.221. The number of hydrogen-bond acceptors (Lipinski definition) is 3. The molecule has 19 heavy (non-hydrogen) atoms. The minimum atomic E-state index is 0.221. The van der Waals surface area contributed by atoms with Crippen molar-refractivity contribution >= 4 is 0 Å². The van der Waals surface area contributed by atoms with E-state index in [1.165, 1.54) is 0 Å². The summed E-state index contributed by atoms with van der Waals surface area (Å²) in [5.41, 5.74) is 3.27. The Labute approximate surface area is 114 Å². The monoisotopic (exact) mass is 256 g/mol. The summed E-state index contributed by atoms with van der Waals surface area (Å²) in [6.07, 6.45) is 0. The quantitative estimate of drug-likeness (QED) is 0.891. The number of pyridine rings is 1. The van der Waals surface area contributed by atoms with Gasteiger partial charge in [-0.3, -0.25) is 4.98 Å². The van der Waals surface area contributed by atoms with Crippen molar-refractivity contribution in [1.29, 1.82) is 0 Å². The van der Waals surface area contributed by atoms with Crippen molar-refractivity contribution in [3.05, 3.63) is 59.4 Å². The Morgan fingerprint density at radius 3 is 2.68 bits per heavy atom. The third kappa shape index (κ3) is 3.55. The Morgan fingerprint density at radius 1 is 1.16 bits per heavy atom. The molecule has 0 spiro atoms. The van der Waals surface area contributed by atoms with Crippen molar-refractivity contribution in [1.82, 2.24) is 10.3 Å². The summed E-state index contributed by atoms with van der Waals surface area (Å²) in [7, 11) is 1.70. The maximum Gasteiger partial charge on any atom is 0.123 e. The van der Waals surface area contributed by atoms with Gasteiger partial charge in [-0.25, -0.2) is 0 Å². The van der Waals surface area contributed by atoms with Crippen LogP contribution in [0, 0.1) is 6.92 Å². The zero-order valence-corrected chi connectivity index (χ0v) is 11.7. The van der Waals surface area contributed by atoms with Gasteiger partial charge < -0.3 is 10.1 Å². The number of aryl methyl sites for hydroxylation is 1. The molecular formula is C16H20N2O. The predicted octanol–water partition coefficient (Wildman–Crippen LogP) is 3.25. The number of nitrogens with zero attached hydrogens (tertiary/aromatic N) is 1. The van der Waals surface area contributed by atoms with E-state index in [0.717, 1.165) is 29.2 Å². The molecule has 0 bridgehead atoms. The summed E-state index contributed by atoms with van der Waals surface area (Å²) in [6.45, 7) is 4.89. The second-order valence-corrected chi connectivity index (χ2v) is 4.61. The third-order valence-electron chi connectivity index (χ3n) is 3.14. The molecule has 2 rings (SSSR count). The van der Waals surface area contributed by atoms with Gasteiger partial charge in [0.25, 0.3) is 0 Å². The van der Waals surface area contributed by atoms with Gasteiger partial charge in [0.05, 0.1) is 12.8 Å². The molecule has 1 aromatic carbocycles. The fourth-order valence-corrected chi connectivity index (χ4v) is 2.09. The second-order valence-electron chi connectivity index (χ2n) is 4.61. The summed E-state index contributed by atoms with van der Waals surface area (Å²) >= 11 is 0. The van der Waals surface area contributed by atoms with Crippen LogP contribution >= 0.6 is 0 Å². The third-order valence-corrected chi connectivity index (χ3v) is 3.14. The van der Waals surface area contributed by atoms with Crippen molar-refractivity contribution in [3.63, 3.8) is 0 Å². The lowest BCUT2D eigenvalue weighted by Gasteiger charge is -2.17. The zero-order valence-electron chi connectivity index (χ0n) is 11.7. The molecule has 0 amide bonds. The molecule has 1 heterocycles. The molecule has 1 atom stereocenters. The Kier molecular flexibility index (Phi) is 4.53. The molecule has 3 heteroatoms. The van der Waals surface area contributed by atoms with Crippen molar-refractivity contribution in [3.8, 4) is 5.75 Å². The molecule has 0 aliphatic heterocycles. The lowest BCUT2D eigenvalue weighted by Crippen LogP contribution is -2.19. The van der Waals surface area contributed by atoms with E-state index in [1.807, 2.05) is 43.3 Å². The first-order chi connectivity index (χ1) is 9.20. The topological polar surface area (TPSA) is 34.1 Å². The normalized spacial score (nSPS) is 12.2. The molecule has 100 valence electrons. The van der Waals surface area contributed by atoms with Gasteiger partial charge in [0.15, 0.2) is 0 Å². The van der Waals surface area contributed by atoms with Crippen LogP contribution in [0.25, 0.3) is 0 Å². The van der Waals surface area contributed by atoms with Crippen LogP contribution in [0.5, 0.6) is 5.75 Å². The van der Waals surface area contributed by atoms with E-state index in [-0.39, 0.29) is 6.04 Å². The van der Waals surface area contributed by atoms with Gasteiger partial charge in [-0.15, -0.1) is 0 Å². The van der Waals surface area contributed by atoms with E-state index in [2.05, 4.69) is 23.3 Å². The maximum atomic E-state index is 5.38. The van der Waals surface area contributed by atoms with E-state index >= 15 is 0 Å². The number of rotatable bonds is 5. The predicted molar refractivity (Wildman–Crippen MR) is 77.2 cm³/mol. The molecule has 0 saturated heterocycles. The first kappa shape index (κ1) is 13.6. The average molecular weight is 256 g/mol. The SMILES string of the molecule is COc1ccccc1[C@@H](C)NCc1cccc(C)n1. The lowest BCUT2D eigenvalue weighted by atomic mass is 10.1. The summed E-state index contributed by atoms with van der Waals surface area (Å²) in [5, 5.41) is 3.47. The van der Waals surface area contributed by atoms with Gasteiger partial charge >= 0.3 is 0 Å². The summed E-state index contributed by atoms with van der Waals surface area (Å²) in [4.78, 5) is 4.49. The highest BCUT2D eigenvalue weighted by Crippen LogP contribution is 2.24. The molecule has 0 unspecified atom stereocenters. The van der Waals surface area contributed by atoms with Gasteiger partial charge in [0, 0.05) is 23.8 Å². The summed E-state index contributed by atoms with van der Waals surface area (Å²) in [6, 6.07) is 14.4. The second kappa shape index (κ2) is 6.34. The Bertz CT molecular complexity index is 540. The molecule has 1 N–H and O–H groups in total. The van der Waals surface area contributed by atoms with E-state index in [9.17, 15) is 0 Å². The van der Waals surface area contributed by atoms with Crippen LogP contribution in [0.15, 0.2) is 42.5 Å². The highest BCUT2D eigenvalue weighted by Gasteiger charge is 2.10. The number of para-hydroxylation sites is 1. The molecule has 0 saturated carbocycles. The first-order valence-electron chi connectivity index (χ1n) is 6.49. The molecule has 0 aliphatic rings. The first-order valence-corrected chi connectivity index (χ1v) is 6.49. The van der Waals surface area contributed by atoms with Crippen molar-refractivity contribution < 1.29 is 4.74 Å². The number of aromatic nitrogens is 1. The van der Waals surface area contributed by atoms with Crippen LogP contribution in [0.1, 0.15) is 29.9 Å². The van der Waals surface area contributed by atoms with Gasteiger partial charge in [-0.1, -0.05) is 24.3 Å². The molecule has 2 aromatic rings. The van der Waals surface area contributed by atoms with Crippen LogP contribution in [0.2, 0.25) is 0 Å². The minimum Gasteiger partial charge on any atom is -0.496 e. The molecular weight excluding hydrogens is 236 g/mol. The molecule has 3 nitrogen and oxygen atoms in total. The number of benzene rings is 1. The fourth-order valence-electron chi connectivity index (χ4n) is 2.09. The number of ether oxygens (including phenoxy) is 1. The largest absolute Gasteiger partial charge is 0.496 e. The zero-order chi connectivity index (χ0) is 13.7. The Morgan fingerprint density at radius 2 is 1.95 bits per heavy atom. The van der Waals surface area contributed by atoms with Crippen LogP contribution in [-0.2, 0) is 6.54 Å². The van der Waals surface area contributed by atoms with Gasteiger partial charge in [0.1, 0.15) is 5.75 Å². The summed E-state index contributed by atoms with van der Waals surface area (Å²) in [5.74, 6) is 0.916. The Balaban J connectivity index is 2.03. The van der Waals surface area contributed by atoms with Gasteiger partial charge in [0.2, 0.25) is 0 Å². The fraction of sp³-hybridized carbons (Fsp3) is 0.312. The van der Waals surface area contributed by atoms with Crippen molar-refractivity contribution in [2.75, 3.05) is 7.11 Å². The van der Waals surface area contributed by atoms with Crippen LogP contribution in [-0.4, -0.2) is 12.1 Å². The number of nitrogens with one attached hydrogen (secondary N) is 1. The van der Waals surface area contributed by atoms with Gasteiger partial charge in [-0.2, -0.15) is 0 Å². The molecule has 0 fully saturated rings. The lowest BCUT2D eigenvalue weighted by molar-refractivity contribution is 0.401. The number of methoxy groups -OCH3 is 1. The van der Waals surface area contributed by atoms with Gasteiger partial charge in [-0.05, 0) is 32.0 Å². The smallest absolute Gasteiger partial charge is 0.123 e. The average Bonchev–Trinajstić information content (AvgIpc) is 2.45. The van der Waals surface area contributed by atoms with Crippen molar-refractivity contribution in [2.45, 2.75) is 26.4 Å². The highest BCUT2D eigenvalue weighted by atomic mass is 16.5. The highest BCUT2D eigenvalue weighted by molar-refractivity contribution is 5.35. The van der Waals surface area contributed by atoms with E-state index in [0.29, 0.717) is 0 Å². The van der Waals surface area contributed by atoms with Crippen LogP contribution in [0.3, 0.4) is 0 Å². The maximum absolute atomic E-state index is 5.38. The Hall–Kier alpha value is -1.87. The van der Waals surface area contributed by atoms with E-state index in [1.54, 1.807) is 7.11 Å².